The molecule has 5 rings (SSSR count). The summed E-state index contributed by atoms with van der Waals surface area (Å²) in [6.45, 7) is 7.74. The van der Waals surface area contributed by atoms with Gasteiger partial charge in [0.05, 0.1) is 36.0 Å². The summed E-state index contributed by atoms with van der Waals surface area (Å²) in [5, 5.41) is 19.9. The van der Waals surface area contributed by atoms with Gasteiger partial charge in [-0.15, -0.1) is 0 Å². The van der Waals surface area contributed by atoms with E-state index in [1.807, 2.05) is 31.2 Å². The fourth-order valence-corrected chi connectivity index (χ4v) is 4.85. The molecule has 8 nitrogen and oxygen atoms in total. The highest BCUT2D eigenvalue weighted by molar-refractivity contribution is 6.15. The topological polar surface area (TPSA) is 103 Å². The largest absolute Gasteiger partial charge is 0.322 e. The number of aromatic nitrogens is 2. The van der Waals surface area contributed by atoms with Crippen molar-refractivity contribution in [3.8, 4) is 6.07 Å². The zero-order valence-electron chi connectivity index (χ0n) is 20.8. The molecule has 36 heavy (non-hydrogen) atoms. The highest BCUT2D eigenvalue weighted by Gasteiger charge is 2.37. The molecule has 1 aliphatic heterocycles. The van der Waals surface area contributed by atoms with E-state index in [4.69, 9.17) is 5.26 Å². The van der Waals surface area contributed by atoms with Crippen LogP contribution in [0.4, 0.5) is 11.4 Å². The van der Waals surface area contributed by atoms with E-state index in [2.05, 4.69) is 35.6 Å². The molecule has 3 aromatic rings. The summed E-state index contributed by atoms with van der Waals surface area (Å²) < 4.78 is 1.60. The predicted octanol–water partition coefficient (Wildman–Crippen LogP) is 4.33. The third-order valence-electron chi connectivity index (χ3n) is 7.19. The molecular weight excluding hydrogens is 452 g/mol. The van der Waals surface area contributed by atoms with Gasteiger partial charge in [0.2, 0.25) is 0 Å². The first kappa shape index (κ1) is 23.8. The van der Waals surface area contributed by atoms with Gasteiger partial charge in [0, 0.05) is 23.5 Å². The third kappa shape index (κ3) is 4.62. The average molecular weight is 483 g/mol. The van der Waals surface area contributed by atoms with Crippen LogP contribution >= 0.6 is 0 Å². The number of hydrogen-bond donors (Lipinski definition) is 2. The van der Waals surface area contributed by atoms with Gasteiger partial charge >= 0.3 is 0 Å². The van der Waals surface area contributed by atoms with Gasteiger partial charge in [-0.3, -0.25) is 14.3 Å². The van der Waals surface area contributed by atoms with Crippen LogP contribution in [0.25, 0.3) is 0 Å². The van der Waals surface area contributed by atoms with E-state index < -0.39 is 5.91 Å². The molecule has 0 radical (unpaired) electrons. The fraction of sp³-hybridized carbons (Fsp3) is 0.357. The van der Waals surface area contributed by atoms with E-state index in [-0.39, 0.29) is 28.7 Å². The van der Waals surface area contributed by atoms with Crippen molar-refractivity contribution in [3.63, 3.8) is 0 Å². The van der Waals surface area contributed by atoms with Gasteiger partial charge in [-0.05, 0) is 75.4 Å². The van der Waals surface area contributed by atoms with E-state index in [1.165, 1.54) is 19.0 Å². The predicted molar refractivity (Wildman–Crippen MR) is 138 cm³/mol. The average Bonchev–Trinajstić information content (AvgIpc) is 3.64. The van der Waals surface area contributed by atoms with Crippen LogP contribution in [0.2, 0.25) is 0 Å². The maximum Gasteiger partial charge on any atom is 0.277 e. The van der Waals surface area contributed by atoms with Gasteiger partial charge in [-0.1, -0.05) is 18.2 Å². The maximum atomic E-state index is 13.6. The van der Waals surface area contributed by atoms with Crippen LogP contribution < -0.4 is 15.5 Å². The number of rotatable bonds is 7. The smallest absolute Gasteiger partial charge is 0.277 e. The Labute approximate surface area is 210 Å². The second kappa shape index (κ2) is 9.25. The van der Waals surface area contributed by atoms with Crippen LogP contribution in [0.15, 0.2) is 54.7 Å². The first-order chi connectivity index (χ1) is 17.3. The van der Waals surface area contributed by atoms with Gasteiger partial charge < -0.3 is 15.5 Å². The van der Waals surface area contributed by atoms with Gasteiger partial charge in [-0.25, -0.2) is 0 Å². The number of hydrogen-bond acceptors (Lipinski definition) is 5. The number of benzene rings is 2. The molecule has 0 unspecified atom stereocenters. The van der Waals surface area contributed by atoms with E-state index in [9.17, 15) is 9.59 Å². The Bertz CT molecular complexity index is 1350. The number of nitriles is 1. The van der Waals surface area contributed by atoms with Crippen molar-refractivity contribution in [2.45, 2.75) is 58.3 Å². The zero-order valence-corrected chi connectivity index (χ0v) is 20.8. The van der Waals surface area contributed by atoms with Crippen molar-refractivity contribution >= 4 is 23.2 Å². The minimum Gasteiger partial charge on any atom is -0.322 e. The number of nitrogens with one attached hydrogen (secondary N) is 2. The standard InChI is InChI=1S/C28H30N6O2/c1-18-17-33-25(24(16-31-33)26(35)32-22-6-4-5-20(13-22)14-29)27(36)34(18)23-11-7-19(8-12-23)15-30-28(2,3)21-9-10-21/h4-8,11-13,16,18,21,30H,9-10,15,17H2,1-3H3,(H,32,35)/t18-/m0/s1. The lowest BCUT2D eigenvalue weighted by molar-refractivity contribution is 0.0933. The maximum absolute atomic E-state index is 13.6. The summed E-state index contributed by atoms with van der Waals surface area (Å²) in [6.07, 6.45) is 4.01. The molecule has 2 aliphatic rings. The summed E-state index contributed by atoms with van der Waals surface area (Å²) in [4.78, 5) is 28.4. The number of anilines is 2. The molecule has 2 heterocycles. The third-order valence-corrected chi connectivity index (χ3v) is 7.19. The van der Waals surface area contributed by atoms with Crippen LogP contribution in [0.5, 0.6) is 0 Å². The molecule has 2 aromatic carbocycles. The Morgan fingerprint density at radius 3 is 2.64 bits per heavy atom. The number of carbonyl (C=O) groups is 2. The van der Waals surface area contributed by atoms with Crippen LogP contribution in [0.3, 0.4) is 0 Å². The molecule has 184 valence electrons. The quantitative estimate of drug-likeness (QED) is 0.522. The van der Waals surface area contributed by atoms with Crippen molar-refractivity contribution < 1.29 is 9.59 Å². The SMILES string of the molecule is C[C@H]1Cn2ncc(C(=O)Nc3cccc(C#N)c3)c2C(=O)N1c1ccc(CNC(C)(C)C2CC2)cc1. The zero-order chi connectivity index (χ0) is 25.4. The lowest BCUT2D eigenvalue weighted by Crippen LogP contribution is -2.47. The van der Waals surface area contributed by atoms with Crippen LogP contribution in [-0.2, 0) is 13.1 Å². The summed E-state index contributed by atoms with van der Waals surface area (Å²) in [5.41, 5.74) is 3.48. The Morgan fingerprint density at radius 1 is 1.19 bits per heavy atom. The molecule has 0 spiro atoms. The van der Waals surface area contributed by atoms with E-state index in [1.54, 1.807) is 33.8 Å². The van der Waals surface area contributed by atoms with Gasteiger partial charge in [0.1, 0.15) is 5.69 Å². The first-order valence-electron chi connectivity index (χ1n) is 12.3. The van der Waals surface area contributed by atoms with Crippen molar-refractivity contribution in [1.29, 1.82) is 5.26 Å². The minimum atomic E-state index is -0.436. The number of fused-ring (bicyclic) bond motifs is 1. The van der Waals surface area contributed by atoms with Gasteiger partial charge in [0.15, 0.2) is 0 Å². The normalized spacial score (nSPS) is 17.4. The molecule has 2 amide bonds. The lowest BCUT2D eigenvalue weighted by Gasteiger charge is -2.34. The van der Waals surface area contributed by atoms with Gasteiger partial charge in [0.25, 0.3) is 11.8 Å². The molecule has 0 saturated heterocycles. The van der Waals surface area contributed by atoms with Crippen LogP contribution in [0.1, 0.15) is 65.6 Å². The highest BCUT2D eigenvalue weighted by Crippen LogP contribution is 2.39. The number of amides is 2. The summed E-state index contributed by atoms with van der Waals surface area (Å²) in [5.74, 6) is 0.0481. The number of nitrogens with zero attached hydrogens (tertiary/aromatic N) is 4. The van der Waals surface area contributed by atoms with Crippen molar-refractivity contribution in [3.05, 3.63) is 77.1 Å². The monoisotopic (exact) mass is 482 g/mol. The number of carbonyl (C=O) groups excluding carboxylic acids is 2. The first-order valence-corrected chi connectivity index (χ1v) is 12.3. The van der Waals surface area contributed by atoms with Crippen LogP contribution in [0, 0.1) is 17.2 Å². The second-order valence-corrected chi connectivity index (χ2v) is 10.3. The Morgan fingerprint density at radius 2 is 1.94 bits per heavy atom. The molecule has 1 fully saturated rings. The Hall–Kier alpha value is -3.96. The molecule has 1 atom stereocenters. The summed E-state index contributed by atoms with van der Waals surface area (Å²) in [6, 6.07) is 16.6. The molecular formula is C28H30N6O2. The van der Waals surface area contributed by atoms with E-state index in [0.717, 1.165) is 23.7 Å². The minimum absolute atomic E-state index is 0.120. The van der Waals surface area contributed by atoms with Gasteiger partial charge in [-0.2, -0.15) is 10.4 Å². The van der Waals surface area contributed by atoms with Crippen molar-refractivity contribution in [2.24, 2.45) is 5.92 Å². The molecule has 2 N–H and O–H groups in total. The molecule has 1 saturated carbocycles. The Balaban J connectivity index is 1.33. The lowest BCUT2D eigenvalue weighted by atomic mass is 9.98. The molecule has 1 aliphatic carbocycles. The second-order valence-electron chi connectivity index (χ2n) is 10.3. The summed E-state index contributed by atoms with van der Waals surface area (Å²) in [7, 11) is 0. The van der Waals surface area contributed by atoms with Crippen molar-refractivity contribution in [2.75, 3.05) is 10.2 Å². The molecule has 0 bridgehead atoms. The van der Waals surface area contributed by atoms with Crippen LogP contribution in [-0.4, -0.2) is 33.2 Å². The van der Waals surface area contributed by atoms with Crippen molar-refractivity contribution in [1.82, 2.24) is 15.1 Å². The molecule has 8 heteroatoms. The summed E-state index contributed by atoms with van der Waals surface area (Å²) >= 11 is 0. The fourth-order valence-electron chi connectivity index (χ4n) is 4.85. The Kier molecular flexibility index (Phi) is 6.10. The highest BCUT2D eigenvalue weighted by atomic mass is 16.2. The van der Waals surface area contributed by atoms with E-state index >= 15 is 0 Å². The van der Waals surface area contributed by atoms with E-state index in [0.29, 0.717) is 17.8 Å². The molecule has 1 aromatic heterocycles.